The van der Waals surface area contributed by atoms with Crippen molar-refractivity contribution in [3.63, 3.8) is 0 Å². The molecule has 0 radical (unpaired) electrons. The molecule has 4 nitrogen and oxygen atoms in total. The number of carbonyl (C=O) groups is 1. The van der Waals surface area contributed by atoms with Crippen molar-refractivity contribution < 1.29 is 14.5 Å². The number of hydrogen-bond acceptors (Lipinski definition) is 1. The number of aliphatic carboxylic acids is 1. The van der Waals surface area contributed by atoms with Crippen LogP contribution >= 0.6 is 0 Å². The molecule has 1 aromatic carbocycles. The molecule has 0 spiro atoms. The zero-order valence-electron chi connectivity index (χ0n) is 14.4. The Balaban J connectivity index is 1.51. The summed E-state index contributed by atoms with van der Waals surface area (Å²) in [5, 5.41) is 8.57. The highest BCUT2D eigenvalue weighted by molar-refractivity contribution is 5.66. The second-order valence-electron chi connectivity index (χ2n) is 6.37. The van der Waals surface area contributed by atoms with Gasteiger partial charge in [-0.05, 0) is 31.4 Å². The summed E-state index contributed by atoms with van der Waals surface area (Å²) in [6.45, 7) is 1.07. The fraction of sp³-hybridized carbons (Fsp3) is 0.500. The smallest absolute Gasteiger partial charge is 0.303 e. The van der Waals surface area contributed by atoms with E-state index in [1.54, 1.807) is 0 Å². The van der Waals surface area contributed by atoms with Gasteiger partial charge in [-0.15, -0.1) is 0 Å². The number of para-hydroxylation sites is 1. The third-order valence-electron chi connectivity index (χ3n) is 4.30. The molecule has 2 rings (SSSR count). The molecule has 24 heavy (non-hydrogen) atoms. The SMILES string of the molecule is O=C(O)CCCCCCCCCC[n+]1ccn(-c2ccccc2)c1. The van der Waals surface area contributed by atoms with Gasteiger partial charge in [0.1, 0.15) is 18.1 Å². The fourth-order valence-corrected chi connectivity index (χ4v) is 2.91. The maximum atomic E-state index is 10.4. The minimum absolute atomic E-state index is 0.319. The molecule has 2 aromatic rings. The van der Waals surface area contributed by atoms with Gasteiger partial charge in [-0.25, -0.2) is 9.13 Å². The number of nitrogens with zero attached hydrogens (tertiary/aromatic N) is 2. The Morgan fingerprint density at radius 1 is 0.917 bits per heavy atom. The summed E-state index contributed by atoms with van der Waals surface area (Å²) < 4.78 is 4.40. The van der Waals surface area contributed by atoms with E-state index >= 15 is 0 Å². The Hall–Kier alpha value is -2.10. The van der Waals surface area contributed by atoms with Crippen LogP contribution < -0.4 is 4.57 Å². The lowest BCUT2D eigenvalue weighted by Crippen LogP contribution is -2.30. The molecule has 130 valence electrons. The highest BCUT2D eigenvalue weighted by Gasteiger charge is 2.05. The topological polar surface area (TPSA) is 46.1 Å². The second kappa shape index (κ2) is 10.6. The largest absolute Gasteiger partial charge is 0.481 e. The van der Waals surface area contributed by atoms with Crippen LogP contribution in [0, 0.1) is 0 Å². The summed E-state index contributed by atoms with van der Waals surface area (Å²) in [6.07, 6.45) is 16.0. The quantitative estimate of drug-likeness (QED) is 0.464. The number of carboxylic acid groups (broad SMARTS) is 1. The maximum Gasteiger partial charge on any atom is 0.303 e. The van der Waals surface area contributed by atoms with E-state index in [1.165, 1.54) is 44.2 Å². The zero-order chi connectivity index (χ0) is 17.0. The number of aromatic nitrogens is 2. The van der Waals surface area contributed by atoms with Crippen LogP contribution in [-0.4, -0.2) is 15.6 Å². The third kappa shape index (κ3) is 6.99. The Bertz CT molecular complexity index is 593. The lowest BCUT2D eigenvalue weighted by atomic mass is 10.1. The van der Waals surface area contributed by atoms with E-state index in [2.05, 4.69) is 52.1 Å². The van der Waals surface area contributed by atoms with Gasteiger partial charge in [0.05, 0.1) is 6.54 Å². The molecule has 1 heterocycles. The van der Waals surface area contributed by atoms with Crippen LogP contribution in [0.5, 0.6) is 0 Å². The number of hydrogen-bond donors (Lipinski definition) is 1. The Morgan fingerprint density at radius 3 is 2.21 bits per heavy atom. The minimum Gasteiger partial charge on any atom is -0.481 e. The van der Waals surface area contributed by atoms with Gasteiger partial charge in [-0.3, -0.25) is 4.79 Å². The van der Waals surface area contributed by atoms with Crippen molar-refractivity contribution in [1.29, 1.82) is 0 Å². The van der Waals surface area contributed by atoms with E-state index < -0.39 is 5.97 Å². The zero-order valence-corrected chi connectivity index (χ0v) is 14.4. The molecular weight excluding hydrogens is 300 g/mol. The van der Waals surface area contributed by atoms with Gasteiger partial charge in [0, 0.05) is 6.42 Å². The first-order valence-corrected chi connectivity index (χ1v) is 9.10. The van der Waals surface area contributed by atoms with E-state index in [4.69, 9.17) is 5.11 Å². The van der Waals surface area contributed by atoms with E-state index in [0.29, 0.717) is 6.42 Å². The van der Waals surface area contributed by atoms with Gasteiger partial charge in [0.15, 0.2) is 0 Å². The molecule has 0 aliphatic heterocycles. The molecule has 1 aromatic heterocycles. The van der Waals surface area contributed by atoms with E-state index in [9.17, 15) is 4.79 Å². The maximum absolute atomic E-state index is 10.4. The predicted octanol–water partition coefficient (Wildman–Crippen LogP) is 4.36. The lowest BCUT2D eigenvalue weighted by molar-refractivity contribution is -0.696. The van der Waals surface area contributed by atoms with Gasteiger partial charge in [0.25, 0.3) is 0 Å². The summed E-state index contributed by atoms with van der Waals surface area (Å²) >= 11 is 0. The number of carboxylic acids is 1. The molecule has 0 aliphatic carbocycles. The van der Waals surface area contributed by atoms with Crippen molar-refractivity contribution in [3.8, 4) is 5.69 Å². The Labute approximate surface area is 144 Å². The van der Waals surface area contributed by atoms with Crippen molar-refractivity contribution >= 4 is 5.97 Å². The monoisotopic (exact) mass is 329 g/mol. The predicted molar refractivity (Wildman–Crippen MR) is 95.2 cm³/mol. The van der Waals surface area contributed by atoms with Crippen LogP contribution in [0.25, 0.3) is 5.69 Å². The van der Waals surface area contributed by atoms with Crippen molar-refractivity contribution in [2.45, 2.75) is 64.3 Å². The second-order valence-corrected chi connectivity index (χ2v) is 6.37. The van der Waals surface area contributed by atoms with Crippen molar-refractivity contribution in [2.24, 2.45) is 0 Å². The summed E-state index contributed by atoms with van der Waals surface area (Å²) in [5.41, 5.74) is 1.19. The van der Waals surface area contributed by atoms with Crippen LogP contribution in [-0.2, 0) is 11.3 Å². The van der Waals surface area contributed by atoms with E-state index in [-0.39, 0.29) is 0 Å². The van der Waals surface area contributed by atoms with Crippen molar-refractivity contribution in [1.82, 2.24) is 4.57 Å². The molecule has 0 atom stereocenters. The van der Waals surface area contributed by atoms with Gasteiger partial charge in [0.2, 0.25) is 6.33 Å². The molecule has 0 saturated carbocycles. The first kappa shape index (κ1) is 18.2. The van der Waals surface area contributed by atoms with Crippen LogP contribution in [0.1, 0.15) is 57.8 Å². The number of imidazole rings is 1. The van der Waals surface area contributed by atoms with Gasteiger partial charge in [-0.1, -0.05) is 50.3 Å². The van der Waals surface area contributed by atoms with Crippen LogP contribution in [0.3, 0.4) is 0 Å². The average molecular weight is 329 g/mol. The van der Waals surface area contributed by atoms with Gasteiger partial charge < -0.3 is 5.11 Å². The summed E-state index contributed by atoms with van der Waals surface area (Å²) in [4.78, 5) is 10.4. The van der Waals surface area contributed by atoms with Crippen LogP contribution in [0.2, 0.25) is 0 Å². The van der Waals surface area contributed by atoms with E-state index in [0.717, 1.165) is 19.4 Å². The third-order valence-corrected chi connectivity index (χ3v) is 4.30. The van der Waals surface area contributed by atoms with Crippen LogP contribution in [0.4, 0.5) is 0 Å². The van der Waals surface area contributed by atoms with Gasteiger partial charge in [-0.2, -0.15) is 0 Å². The van der Waals surface area contributed by atoms with Crippen LogP contribution in [0.15, 0.2) is 49.1 Å². The van der Waals surface area contributed by atoms with E-state index in [1.807, 2.05) is 6.07 Å². The molecular formula is C20H29N2O2+. The number of aryl methyl sites for hydroxylation is 1. The first-order chi connectivity index (χ1) is 11.8. The number of benzene rings is 1. The Kier molecular flexibility index (Phi) is 8.08. The Morgan fingerprint density at radius 2 is 1.54 bits per heavy atom. The normalized spacial score (nSPS) is 10.8. The molecule has 1 N–H and O–H groups in total. The molecule has 0 fully saturated rings. The standard InChI is InChI=1S/C20H28N2O2/c23-20(24)14-10-5-3-1-2-4-6-11-15-21-16-17-22(18-21)19-12-8-7-9-13-19/h7-9,12-13,16-18H,1-6,10-11,14-15H2/p+1. The summed E-state index contributed by atoms with van der Waals surface area (Å²) in [6, 6.07) is 10.4. The molecule has 0 saturated heterocycles. The minimum atomic E-state index is -0.673. The summed E-state index contributed by atoms with van der Waals surface area (Å²) in [5.74, 6) is -0.673. The average Bonchev–Trinajstić information content (AvgIpc) is 3.06. The molecule has 0 amide bonds. The fourth-order valence-electron chi connectivity index (χ4n) is 2.91. The molecule has 0 aliphatic rings. The summed E-state index contributed by atoms with van der Waals surface area (Å²) in [7, 11) is 0. The van der Waals surface area contributed by atoms with Crippen molar-refractivity contribution in [2.75, 3.05) is 0 Å². The highest BCUT2D eigenvalue weighted by Crippen LogP contribution is 2.10. The van der Waals surface area contributed by atoms with Gasteiger partial charge >= 0.3 is 5.97 Å². The first-order valence-electron chi connectivity index (χ1n) is 9.10. The molecule has 4 heteroatoms. The number of rotatable bonds is 12. The molecule has 0 bridgehead atoms. The number of unbranched alkanes of at least 4 members (excludes halogenated alkanes) is 7. The highest BCUT2D eigenvalue weighted by atomic mass is 16.4. The van der Waals surface area contributed by atoms with Crippen molar-refractivity contribution in [3.05, 3.63) is 49.1 Å². The molecule has 0 unspecified atom stereocenters. The lowest BCUT2D eigenvalue weighted by Gasteiger charge is -2.01.